The van der Waals surface area contributed by atoms with Crippen molar-refractivity contribution in [3.63, 3.8) is 0 Å². The van der Waals surface area contributed by atoms with Crippen LogP contribution in [0.1, 0.15) is 26.2 Å². The van der Waals surface area contributed by atoms with Crippen molar-refractivity contribution < 1.29 is 14.3 Å². The maximum atomic E-state index is 11.8. The van der Waals surface area contributed by atoms with Crippen LogP contribution < -0.4 is 10.6 Å². The zero-order valence-corrected chi connectivity index (χ0v) is 9.91. The van der Waals surface area contributed by atoms with Crippen LogP contribution in [0.15, 0.2) is 0 Å². The lowest BCUT2D eigenvalue weighted by molar-refractivity contribution is -0.141. The van der Waals surface area contributed by atoms with Gasteiger partial charge in [0.2, 0.25) is 5.91 Å². The van der Waals surface area contributed by atoms with Crippen molar-refractivity contribution in [1.29, 1.82) is 0 Å². The molecule has 0 radical (unpaired) electrons. The highest BCUT2D eigenvalue weighted by molar-refractivity contribution is 5.80. The number of carbonyl (C=O) groups excluding carboxylic acids is 2. The second-order valence-electron chi connectivity index (χ2n) is 4.23. The first-order valence-corrected chi connectivity index (χ1v) is 5.71. The lowest BCUT2D eigenvalue weighted by Gasteiger charge is -2.23. The topological polar surface area (TPSA) is 67.4 Å². The van der Waals surface area contributed by atoms with E-state index < -0.39 is 0 Å². The summed E-state index contributed by atoms with van der Waals surface area (Å²) < 4.78 is 4.55. The minimum Gasteiger partial charge on any atom is -0.469 e. The molecule has 1 fully saturated rings. The van der Waals surface area contributed by atoms with Crippen molar-refractivity contribution in [2.24, 2.45) is 5.92 Å². The van der Waals surface area contributed by atoms with Crippen molar-refractivity contribution >= 4 is 11.9 Å². The molecule has 0 spiro atoms. The number of nitrogens with one attached hydrogen (secondary N) is 2. The Bertz CT molecular complexity index is 250. The van der Waals surface area contributed by atoms with Gasteiger partial charge < -0.3 is 15.4 Å². The van der Waals surface area contributed by atoms with Crippen LogP contribution in [0.4, 0.5) is 0 Å². The van der Waals surface area contributed by atoms with Crippen molar-refractivity contribution in [2.75, 3.05) is 20.2 Å². The van der Waals surface area contributed by atoms with Crippen molar-refractivity contribution in [1.82, 2.24) is 10.6 Å². The molecule has 0 aromatic carbocycles. The summed E-state index contributed by atoms with van der Waals surface area (Å²) in [6, 6.07) is -0.165. The molecule has 1 aliphatic rings. The predicted octanol–water partition coefficient (Wildman–Crippen LogP) is 0.0538. The monoisotopic (exact) mass is 228 g/mol. The SMILES string of the molecule is COC(=O)CC(C)NC(=O)C1CCCNC1. The van der Waals surface area contributed by atoms with E-state index in [2.05, 4.69) is 15.4 Å². The highest BCUT2D eigenvalue weighted by atomic mass is 16.5. The van der Waals surface area contributed by atoms with Gasteiger partial charge in [-0.2, -0.15) is 0 Å². The van der Waals surface area contributed by atoms with Gasteiger partial charge in [-0.3, -0.25) is 9.59 Å². The van der Waals surface area contributed by atoms with Crippen LogP contribution in [0.25, 0.3) is 0 Å². The number of piperidine rings is 1. The van der Waals surface area contributed by atoms with Crippen LogP contribution in [0, 0.1) is 5.92 Å². The van der Waals surface area contributed by atoms with E-state index in [0.29, 0.717) is 0 Å². The number of hydrogen-bond acceptors (Lipinski definition) is 4. The Morgan fingerprint density at radius 2 is 2.31 bits per heavy atom. The third-order valence-electron chi connectivity index (χ3n) is 2.76. The van der Waals surface area contributed by atoms with E-state index in [-0.39, 0.29) is 30.3 Å². The summed E-state index contributed by atoms with van der Waals surface area (Å²) >= 11 is 0. The molecule has 0 saturated carbocycles. The maximum Gasteiger partial charge on any atom is 0.307 e. The Morgan fingerprint density at radius 1 is 1.56 bits per heavy atom. The standard InChI is InChI=1S/C11H20N2O3/c1-8(6-10(14)16-2)13-11(15)9-4-3-5-12-7-9/h8-9,12H,3-7H2,1-2H3,(H,13,15). The first-order chi connectivity index (χ1) is 7.63. The number of carbonyl (C=O) groups is 2. The summed E-state index contributed by atoms with van der Waals surface area (Å²) in [6.07, 6.45) is 2.18. The molecule has 2 atom stereocenters. The Hall–Kier alpha value is -1.10. The van der Waals surface area contributed by atoms with Crippen molar-refractivity contribution in [2.45, 2.75) is 32.2 Å². The number of rotatable bonds is 4. The molecule has 2 unspecified atom stereocenters. The number of ether oxygens (including phenoxy) is 1. The zero-order valence-electron chi connectivity index (χ0n) is 9.91. The van der Waals surface area contributed by atoms with Gasteiger partial charge in [0.05, 0.1) is 19.4 Å². The van der Waals surface area contributed by atoms with Gasteiger partial charge in [0.15, 0.2) is 0 Å². The summed E-state index contributed by atoms with van der Waals surface area (Å²) in [6.45, 7) is 3.53. The average Bonchev–Trinajstić information content (AvgIpc) is 2.29. The quantitative estimate of drug-likeness (QED) is 0.667. The van der Waals surface area contributed by atoms with Crippen LogP contribution >= 0.6 is 0 Å². The molecule has 5 heteroatoms. The summed E-state index contributed by atoms with van der Waals surface area (Å²) in [7, 11) is 1.35. The van der Waals surface area contributed by atoms with Crippen molar-refractivity contribution in [3.8, 4) is 0 Å². The number of esters is 1. The fraction of sp³-hybridized carbons (Fsp3) is 0.818. The number of amides is 1. The van der Waals surface area contributed by atoms with E-state index in [1.165, 1.54) is 7.11 Å². The molecule has 0 aromatic heterocycles. The minimum absolute atomic E-state index is 0.0311. The van der Waals surface area contributed by atoms with Crippen LogP contribution in [0.3, 0.4) is 0 Å². The third kappa shape index (κ3) is 4.18. The average molecular weight is 228 g/mol. The van der Waals surface area contributed by atoms with E-state index in [1.54, 1.807) is 0 Å². The summed E-state index contributed by atoms with van der Waals surface area (Å²) in [5, 5.41) is 6.02. The van der Waals surface area contributed by atoms with Crippen LogP contribution in [-0.2, 0) is 14.3 Å². The van der Waals surface area contributed by atoms with E-state index in [0.717, 1.165) is 25.9 Å². The molecular formula is C11H20N2O3. The summed E-state index contributed by atoms with van der Waals surface area (Å²) in [5.74, 6) is -0.230. The molecule has 1 rings (SSSR count). The molecule has 5 nitrogen and oxygen atoms in total. The van der Waals surface area contributed by atoms with E-state index in [4.69, 9.17) is 0 Å². The Labute approximate surface area is 95.9 Å². The first kappa shape index (κ1) is 13.0. The highest BCUT2D eigenvalue weighted by Crippen LogP contribution is 2.10. The molecule has 0 aromatic rings. The van der Waals surface area contributed by atoms with Gasteiger partial charge in [0.1, 0.15) is 0 Å². The third-order valence-corrected chi connectivity index (χ3v) is 2.76. The van der Waals surface area contributed by atoms with Gasteiger partial charge in [-0.05, 0) is 26.3 Å². The predicted molar refractivity (Wildman–Crippen MR) is 59.8 cm³/mol. The van der Waals surface area contributed by atoms with Gasteiger partial charge >= 0.3 is 5.97 Å². The van der Waals surface area contributed by atoms with Gasteiger partial charge in [-0.1, -0.05) is 0 Å². The van der Waals surface area contributed by atoms with Gasteiger partial charge in [0, 0.05) is 12.6 Å². The van der Waals surface area contributed by atoms with Crippen LogP contribution in [0.5, 0.6) is 0 Å². The molecule has 0 bridgehead atoms. The number of methoxy groups -OCH3 is 1. The smallest absolute Gasteiger partial charge is 0.307 e. The van der Waals surface area contributed by atoms with Crippen molar-refractivity contribution in [3.05, 3.63) is 0 Å². The molecule has 1 aliphatic heterocycles. The fourth-order valence-corrected chi connectivity index (χ4v) is 1.82. The lowest BCUT2D eigenvalue weighted by Crippen LogP contribution is -2.44. The molecule has 1 amide bonds. The normalized spacial score (nSPS) is 22.2. The molecule has 0 aliphatic carbocycles. The van der Waals surface area contributed by atoms with Crippen LogP contribution in [-0.4, -0.2) is 38.1 Å². The van der Waals surface area contributed by atoms with E-state index >= 15 is 0 Å². The second-order valence-corrected chi connectivity index (χ2v) is 4.23. The van der Waals surface area contributed by atoms with Gasteiger partial charge in [-0.15, -0.1) is 0 Å². The molecule has 1 heterocycles. The Morgan fingerprint density at radius 3 is 2.88 bits per heavy atom. The molecule has 1 saturated heterocycles. The van der Waals surface area contributed by atoms with E-state index in [9.17, 15) is 9.59 Å². The lowest BCUT2D eigenvalue weighted by atomic mass is 9.98. The minimum atomic E-state index is -0.297. The van der Waals surface area contributed by atoms with Gasteiger partial charge in [0.25, 0.3) is 0 Å². The molecule has 92 valence electrons. The highest BCUT2D eigenvalue weighted by Gasteiger charge is 2.22. The molecular weight excluding hydrogens is 208 g/mol. The second kappa shape index (κ2) is 6.48. The molecule has 2 N–H and O–H groups in total. The maximum absolute atomic E-state index is 11.8. The number of hydrogen-bond donors (Lipinski definition) is 2. The van der Waals surface area contributed by atoms with E-state index in [1.807, 2.05) is 6.92 Å². The summed E-state index contributed by atoms with van der Waals surface area (Å²) in [5.41, 5.74) is 0. The van der Waals surface area contributed by atoms with Gasteiger partial charge in [-0.25, -0.2) is 0 Å². The first-order valence-electron chi connectivity index (χ1n) is 5.71. The molecule has 16 heavy (non-hydrogen) atoms. The fourth-order valence-electron chi connectivity index (χ4n) is 1.82. The largest absolute Gasteiger partial charge is 0.469 e. The zero-order chi connectivity index (χ0) is 12.0. The Kier molecular flexibility index (Phi) is 5.25. The summed E-state index contributed by atoms with van der Waals surface area (Å²) in [4.78, 5) is 22.8. The Balaban J connectivity index is 2.29. The van der Waals surface area contributed by atoms with Crippen LogP contribution in [0.2, 0.25) is 0 Å².